The molecule has 0 spiro atoms. The van der Waals surface area contributed by atoms with Crippen LogP contribution < -0.4 is 16.2 Å². The van der Waals surface area contributed by atoms with Gasteiger partial charge in [-0.15, -0.1) is 0 Å². The van der Waals surface area contributed by atoms with Crippen molar-refractivity contribution in [2.24, 2.45) is 5.14 Å². The van der Waals surface area contributed by atoms with Crippen molar-refractivity contribution in [1.29, 1.82) is 0 Å². The predicted molar refractivity (Wildman–Crippen MR) is 76.3 cm³/mol. The second kappa shape index (κ2) is 4.99. The first-order valence-electron chi connectivity index (χ1n) is 5.65. The van der Waals surface area contributed by atoms with Crippen molar-refractivity contribution >= 4 is 33.2 Å². The Morgan fingerprint density at radius 2 is 2.17 bits per heavy atom. The monoisotopic (exact) mass is 287 g/mol. The Morgan fingerprint density at radius 3 is 2.72 bits per heavy atom. The van der Waals surface area contributed by atoms with Crippen LogP contribution in [0.5, 0.6) is 0 Å². The van der Waals surface area contributed by atoms with Crippen LogP contribution in [0.1, 0.15) is 12.0 Å². The Labute approximate surface area is 111 Å². The maximum Gasteiger partial charge on any atom is 0.238 e. The van der Waals surface area contributed by atoms with Gasteiger partial charge in [0.05, 0.1) is 4.90 Å². The molecule has 18 heavy (non-hydrogen) atoms. The fourth-order valence-corrected chi connectivity index (χ4v) is 4.01. The first-order valence-corrected chi connectivity index (χ1v) is 8.35. The third kappa shape index (κ3) is 2.90. The lowest BCUT2D eigenvalue weighted by atomic mass is 10.1. The molecule has 5 nitrogen and oxygen atoms in total. The number of thioether (sulfide) groups is 1. The van der Waals surface area contributed by atoms with Gasteiger partial charge in [0.2, 0.25) is 10.0 Å². The molecule has 0 radical (unpaired) electrons. The number of nitrogen functional groups attached to an aromatic ring is 1. The van der Waals surface area contributed by atoms with Crippen molar-refractivity contribution in [1.82, 2.24) is 0 Å². The highest BCUT2D eigenvalue weighted by molar-refractivity contribution is 7.99. The van der Waals surface area contributed by atoms with E-state index in [0.29, 0.717) is 17.3 Å². The van der Waals surface area contributed by atoms with Crippen molar-refractivity contribution in [3.05, 3.63) is 17.7 Å². The molecule has 7 heteroatoms. The van der Waals surface area contributed by atoms with Crippen molar-refractivity contribution in [2.45, 2.75) is 24.3 Å². The number of benzene rings is 1. The van der Waals surface area contributed by atoms with Gasteiger partial charge < -0.3 is 11.1 Å². The summed E-state index contributed by atoms with van der Waals surface area (Å²) in [5.74, 6) is 2.15. The van der Waals surface area contributed by atoms with Crippen LogP contribution in [0.2, 0.25) is 0 Å². The molecule has 1 aromatic rings. The highest BCUT2D eigenvalue weighted by Crippen LogP contribution is 2.29. The van der Waals surface area contributed by atoms with Gasteiger partial charge in [0.25, 0.3) is 0 Å². The van der Waals surface area contributed by atoms with Crippen LogP contribution in [0.4, 0.5) is 11.4 Å². The van der Waals surface area contributed by atoms with Crippen LogP contribution in [0.25, 0.3) is 0 Å². The fraction of sp³-hybridized carbons (Fsp3) is 0.455. The van der Waals surface area contributed by atoms with Crippen LogP contribution in [0.3, 0.4) is 0 Å². The number of nitrogens with one attached hydrogen (secondary N) is 1. The summed E-state index contributed by atoms with van der Waals surface area (Å²) in [6.07, 6.45) is 1.07. The van der Waals surface area contributed by atoms with Gasteiger partial charge >= 0.3 is 0 Å². The lowest BCUT2D eigenvalue weighted by Crippen LogP contribution is -2.21. The number of nitrogens with two attached hydrogens (primary N) is 2. The van der Waals surface area contributed by atoms with E-state index in [0.717, 1.165) is 23.6 Å². The van der Waals surface area contributed by atoms with E-state index in [1.165, 1.54) is 6.07 Å². The minimum absolute atomic E-state index is 0.0932. The fourth-order valence-electron chi connectivity index (χ4n) is 2.02. The molecule has 1 atom stereocenters. The molecule has 2 rings (SSSR count). The Kier molecular flexibility index (Phi) is 3.74. The normalized spacial score (nSPS) is 20.0. The van der Waals surface area contributed by atoms with E-state index < -0.39 is 10.0 Å². The SMILES string of the molecule is Cc1c(NC2CCSC2)cc(N)cc1S(N)(=O)=O. The minimum Gasteiger partial charge on any atom is -0.399 e. The molecule has 1 aromatic carbocycles. The summed E-state index contributed by atoms with van der Waals surface area (Å²) in [6.45, 7) is 1.74. The van der Waals surface area contributed by atoms with Gasteiger partial charge in [0.15, 0.2) is 0 Å². The summed E-state index contributed by atoms with van der Waals surface area (Å²) in [4.78, 5) is 0.0932. The summed E-state index contributed by atoms with van der Waals surface area (Å²) < 4.78 is 23.0. The van der Waals surface area contributed by atoms with Crippen molar-refractivity contribution in [2.75, 3.05) is 22.6 Å². The van der Waals surface area contributed by atoms with Gasteiger partial charge in [-0.25, -0.2) is 13.6 Å². The molecule has 1 unspecified atom stereocenters. The zero-order chi connectivity index (χ0) is 13.3. The lowest BCUT2D eigenvalue weighted by Gasteiger charge is -2.17. The summed E-state index contributed by atoms with van der Waals surface area (Å²) in [5.41, 5.74) is 7.52. The largest absolute Gasteiger partial charge is 0.399 e. The van der Waals surface area contributed by atoms with Crippen LogP contribution >= 0.6 is 11.8 Å². The Morgan fingerprint density at radius 1 is 1.44 bits per heavy atom. The van der Waals surface area contributed by atoms with Gasteiger partial charge in [-0.05, 0) is 36.8 Å². The van der Waals surface area contributed by atoms with Gasteiger partial charge in [0, 0.05) is 23.2 Å². The highest BCUT2D eigenvalue weighted by Gasteiger charge is 2.19. The lowest BCUT2D eigenvalue weighted by molar-refractivity contribution is 0.597. The molecule has 1 aliphatic heterocycles. The molecule has 5 N–H and O–H groups in total. The van der Waals surface area contributed by atoms with Crippen molar-refractivity contribution in [3.63, 3.8) is 0 Å². The smallest absolute Gasteiger partial charge is 0.238 e. The average Bonchev–Trinajstić information content (AvgIpc) is 2.74. The van der Waals surface area contributed by atoms with Gasteiger partial charge in [-0.1, -0.05) is 0 Å². The zero-order valence-corrected chi connectivity index (χ0v) is 11.8. The number of sulfonamides is 1. The second-order valence-corrected chi connectivity index (χ2v) is 7.12. The molecule has 1 fully saturated rings. The van der Waals surface area contributed by atoms with Crippen LogP contribution in [0.15, 0.2) is 17.0 Å². The predicted octanol–water partition coefficient (Wildman–Crippen LogP) is 1.14. The molecule has 0 saturated carbocycles. The van der Waals surface area contributed by atoms with Crippen LogP contribution in [-0.2, 0) is 10.0 Å². The molecule has 0 aliphatic carbocycles. The third-order valence-electron chi connectivity index (χ3n) is 2.98. The number of hydrogen-bond acceptors (Lipinski definition) is 5. The molecule has 0 amide bonds. The Bertz CT molecular complexity index is 552. The van der Waals surface area contributed by atoms with E-state index >= 15 is 0 Å². The van der Waals surface area contributed by atoms with E-state index in [1.54, 1.807) is 13.0 Å². The number of anilines is 2. The van der Waals surface area contributed by atoms with Crippen LogP contribution in [0, 0.1) is 6.92 Å². The topological polar surface area (TPSA) is 98.2 Å². The van der Waals surface area contributed by atoms with E-state index in [-0.39, 0.29) is 4.90 Å². The molecule has 1 aliphatic rings. The number of primary sulfonamides is 1. The van der Waals surface area contributed by atoms with E-state index in [2.05, 4.69) is 5.32 Å². The van der Waals surface area contributed by atoms with E-state index in [1.807, 2.05) is 11.8 Å². The van der Waals surface area contributed by atoms with Crippen molar-refractivity contribution in [3.8, 4) is 0 Å². The maximum absolute atomic E-state index is 11.5. The van der Waals surface area contributed by atoms with Crippen LogP contribution in [-0.4, -0.2) is 26.0 Å². The second-order valence-electron chi connectivity index (χ2n) is 4.44. The van der Waals surface area contributed by atoms with Gasteiger partial charge in [-0.3, -0.25) is 0 Å². The summed E-state index contributed by atoms with van der Waals surface area (Å²) in [6, 6.07) is 3.52. The molecule has 100 valence electrons. The molecular formula is C11H17N3O2S2. The summed E-state index contributed by atoms with van der Waals surface area (Å²) in [5, 5.41) is 8.53. The molecule has 1 saturated heterocycles. The Balaban J connectivity index is 2.38. The minimum atomic E-state index is -3.74. The molecule has 1 heterocycles. The molecule has 0 aromatic heterocycles. The third-order valence-corrected chi connectivity index (χ3v) is 5.18. The first kappa shape index (κ1) is 13.5. The van der Waals surface area contributed by atoms with Gasteiger partial charge in [0.1, 0.15) is 0 Å². The maximum atomic E-state index is 11.5. The highest BCUT2D eigenvalue weighted by atomic mass is 32.2. The number of rotatable bonds is 3. The summed E-state index contributed by atoms with van der Waals surface area (Å²) >= 11 is 1.88. The zero-order valence-electron chi connectivity index (χ0n) is 10.1. The molecule has 0 bridgehead atoms. The summed E-state index contributed by atoms with van der Waals surface area (Å²) in [7, 11) is -3.74. The standard InChI is InChI=1S/C11H17N3O2S2/c1-7-10(14-9-2-3-17-6-9)4-8(12)5-11(7)18(13,15)16/h4-5,9,14H,2-3,6,12H2,1H3,(H2,13,15,16). The van der Waals surface area contributed by atoms with Crippen molar-refractivity contribution < 1.29 is 8.42 Å². The Hall–Kier alpha value is -0.920. The van der Waals surface area contributed by atoms with E-state index in [9.17, 15) is 8.42 Å². The van der Waals surface area contributed by atoms with E-state index in [4.69, 9.17) is 10.9 Å². The van der Waals surface area contributed by atoms with Gasteiger partial charge in [-0.2, -0.15) is 11.8 Å². The quantitative estimate of drug-likeness (QED) is 0.724. The number of hydrogen-bond donors (Lipinski definition) is 3. The first-order chi connectivity index (χ1) is 8.38. The average molecular weight is 287 g/mol. The molecular weight excluding hydrogens is 270 g/mol.